The van der Waals surface area contributed by atoms with Gasteiger partial charge in [0.25, 0.3) is 11.1 Å². The van der Waals surface area contributed by atoms with E-state index < -0.39 is 17.1 Å². The molecule has 3 rings (SSSR count). The maximum atomic E-state index is 12.6. The van der Waals surface area contributed by atoms with Crippen LogP contribution in [0.5, 0.6) is 5.75 Å². The predicted molar refractivity (Wildman–Crippen MR) is 118 cm³/mol. The van der Waals surface area contributed by atoms with Crippen LogP contribution < -0.4 is 10.1 Å². The number of ether oxygens (including phenoxy) is 1. The van der Waals surface area contributed by atoms with Gasteiger partial charge in [0.2, 0.25) is 5.91 Å². The Hall–Kier alpha value is -2.29. The van der Waals surface area contributed by atoms with E-state index in [-0.39, 0.29) is 11.4 Å². The quantitative estimate of drug-likeness (QED) is 0.559. The lowest BCUT2D eigenvalue weighted by Gasteiger charge is -2.12. The maximum absolute atomic E-state index is 12.6. The minimum Gasteiger partial charge on any atom is -0.493 e. The molecule has 1 aliphatic rings. The Morgan fingerprint density at radius 3 is 2.62 bits per heavy atom. The standard InChI is InChI=1S/C20H16BrClN2O4S/c1-2-28-16-8-3-12(9-15(16)21)10-17-19(26)24(20(27)29-17)11-18(25)23-14-6-4-13(22)5-7-14/h3-10H,2,11H2,1H3,(H,23,25)/b17-10-. The van der Waals surface area contributed by atoms with Crippen LogP contribution in [0, 0.1) is 0 Å². The number of nitrogens with zero attached hydrogens (tertiary/aromatic N) is 1. The van der Waals surface area contributed by atoms with Crippen LogP contribution in [0.2, 0.25) is 5.02 Å². The zero-order valence-corrected chi connectivity index (χ0v) is 18.4. The van der Waals surface area contributed by atoms with Gasteiger partial charge in [0, 0.05) is 10.7 Å². The normalized spacial score (nSPS) is 15.1. The first kappa shape index (κ1) is 21.4. The molecule has 0 atom stereocenters. The molecule has 9 heteroatoms. The molecular formula is C20H16BrClN2O4S. The molecule has 29 heavy (non-hydrogen) atoms. The number of halogens is 2. The summed E-state index contributed by atoms with van der Waals surface area (Å²) in [5.41, 5.74) is 1.26. The van der Waals surface area contributed by atoms with Crippen LogP contribution in [0.15, 0.2) is 51.8 Å². The fraction of sp³-hybridized carbons (Fsp3) is 0.150. The number of rotatable bonds is 6. The fourth-order valence-corrected chi connectivity index (χ4v) is 4.02. The van der Waals surface area contributed by atoms with Crippen LogP contribution in [0.4, 0.5) is 10.5 Å². The largest absolute Gasteiger partial charge is 0.493 e. The molecule has 0 saturated carbocycles. The third kappa shape index (κ3) is 5.41. The summed E-state index contributed by atoms with van der Waals surface area (Å²) in [6, 6.07) is 11.9. The molecule has 0 aromatic heterocycles. The topological polar surface area (TPSA) is 75.7 Å². The lowest BCUT2D eigenvalue weighted by atomic mass is 10.2. The van der Waals surface area contributed by atoms with Crippen molar-refractivity contribution in [3.8, 4) is 5.75 Å². The Morgan fingerprint density at radius 2 is 1.97 bits per heavy atom. The number of imide groups is 1. The predicted octanol–water partition coefficient (Wildman–Crippen LogP) is 5.18. The smallest absolute Gasteiger partial charge is 0.294 e. The second kappa shape index (κ2) is 9.47. The van der Waals surface area contributed by atoms with E-state index in [1.807, 2.05) is 6.92 Å². The molecule has 0 radical (unpaired) electrons. The Labute approximate surface area is 185 Å². The highest BCUT2D eigenvalue weighted by Crippen LogP contribution is 2.33. The Morgan fingerprint density at radius 1 is 1.24 bits per heavy atom. The van der Waals surface area contributed by atoms with E-state index in [0.717, 1.165) is 26.7 Å². The van der Waals surface area contributed by atoms with Crippen LogP contribution in [-0.2, 0) is 9.59 Å². The summed E-state index contributed by atoms with van der Waals surface area (Å²) >= 11 is 10.0. The van der Waals surface area contributed by atoms with Gasteiger partial charge in [0.1, 0.15) is 12.3 Å². The van der Waals surface area contributed by atoms with Crippen LogP contribution >= 0.6 is 39.3 Å². The average Bonchev–Trinajstić information content (AvgIpc) is 2.93. The Bertz CT molecular complexity index is 994. The van der Waals surface area contributed by atoms with Gasteiger partial charge in [-0.15, -0.1) is 0 Å². The molecule has 1 fully saturated rings. The molecule has 3 amide bonds. The summed E-state index contributed by atoms with van der Waals surface area (Å²) in [7, 11) is 0. The van der Waals surface area contributed by atoms with Gasteiger partial charge in [-0.1, -0.05) is 17.7 Å². The SMILES string of the molecule is CCOc1ccc(/C=C2\SC(=O)N(CC(=O)Nc3ccc(Cl)cc3)C2=O)cc1Br. The first-order valence-corrected chi connectivity index (χ1v) is 10.6. The van der Waals surface area contributed by atoms with Gasteiger partial charge < -0.3 is 10.1 Å². The zero-order chi connectivity index (χ0) is 21.0. The van der Waals surface area contributed by atoms with Crippen molar-refractivity contribution in [3.05, 3.63) is 62.4 Å². The molecule has 0 spiro atoms. The number of hydrogen-bond acceptors (Lipinski definition) is 5. The number of thioether (sulfide) groups is 1. The van der Waals surface area contributed by atoms with Gasteiger partial charge in [-0.2, -0.15) is 0 Å². The monoisotopic (exact) mass is 494 g/mol. The molecule has 2 aromatic carbocycles. The number of carbonyl (C=O) groups is 3. The molecule has 150 valence electrons. The molecule has 1 saturated heterocycles. The maximum Gasteiger partial charge on any atom is 0.294 e. The van der Waals surface area contributed by atoms with Gasteiger partial charge in [0.15, 0.2) is 0 Å². The number of nitrogens with one attached hydrogen (secondary N) is 1. The van der Waals surface area contributed by atoms with Crippen molar-refractivity contribution in [3.63, 3.8) is 0 Å². The van der Waals surface area contributed by atoms with Crippen molar-refractivity contribution in [1.29, 1.82) is 0 Å². The van der Waals surface area contributed by atoms with E-state index in [2.05, 4.69) is 21.2 Å². The molecule has 0 unspecified atom stereocenters. The summed E-state index contributed by atoms with van der Waals surface area (Å²) in [4.78, 5) is 38.2. The highest BCUT2D eigenvalue weighted by atomic mass is 79.9. The second-order valence-corrected chi connectivity index (χ2v) is 8.23. The molecule has 0 bridgehead atoms. The number of amides is 3. The Kier molecular flexibility index (Phi) is 7.00. The lowest BCUT2D eigenvalue weighted by molar-refractivity contribution is -0.127. The van der Waals surface area contributed by atoms with Crippen molar-refractivity contribution >= 4 is 68.1 Å². The molecular weight excluding hydrogens is 480 g/mol. The molecule has 1 heterocycles. The third-order valence-electron chi connectivity index (χ3n) is 3.86. The van der Waals surface area contributed by atoms with Crippen LogP contribution in [0.1, 0.15) is 12.5 Å². The molecule has 0 aliphatic carbocycles. The second-order valence-electron chi connectivity index (χ2n) is 5.95. The molecule has 1 aliphatic heterocycles. The summed E-state index contributed by atoms with van der Waals surface area (Å²) < 4.78 is 6.21. The Balaban J connectivity index is 1.69. The van der Waals surface area contributed by atoms with Gasteiger partial charge in [0.05, 0.1) is 16.0 Å². The van der Waals surface area contributed by atoms with Crippen molar-refractivity contribution in [2.75, 3.05) is 18.5 Å². The average molecular weight is 496 g/mol. The van der Waals surface area contributed by atoms with Crippen LogP contribution in [0.3, 0.4) is 0 Å². The summed E-state index contributed by atoms with van der Waals surface area (Å²) in [5, 5.41) is 2.69. The summed E-state index contributed by atoms with van der Waals surface area (Å²) in [6.07, 6.45) is 1.61. The van der Waals surface area contributed by atoms with Crippen molar-refractivity contribution in [1.82, 2.24) is 4.90 Å². The van der Waals surface area contributed by atoms with Crippen molar-refractivity contribution < 1.29 is 19.1 Å². The zero-order valence-electron chi connectivity index (χ0n) is 15.3. The van der Waals surface area contributed by atoms with E-state index in [9.17, 15) is 14.4 Å². The first-order chi connectivity index (χ1) is 13.9. The van der Waals surface area contributed by atoms with Crippen molar-refractivity contribution in [2.24, 2.45) is 0 Å². The number of hydrogen-bond donors (Lipinski definition) is 1. The number of carbonyl (C=O) groups excluding carboxylic acids is 3. The van der Waals surface area contributed by atoms with E-state index in [1.54, 1.807) is 48.5 Å². The van der Waals surface area contributed by atoms with E-state index in [1.165, 1.54) is 0 Å². The molecule has 6 nitrogen and oxygen atoms in total. The minimum atomic E-state index is -0.503. The van der Waals surface area contributed by atoms with Crippen LogP contribution in [0.25, 0.3) is 6.08 Å². The van der Waals surface area contributed by atoms with Crippen molar-refractivity contribution in [2.45, 2.75) is 6.92 Å². The van der Waals surface area contributed by atoms with Gasteiger partial charge in [-0.05, 0) is 82.7 Å². The summed E-state index contributed by atoms with van der Waals surface area (Å²) in [5.74, 6) is -0.285. The highest BCUT2D eigenvalue weighted by molar-refractivity contribution is 9.10. The lowest BCUT2D eigenvalue weighted by Crippen LogP contribution is -2.36. The van der Waals surface area contributed by atoms with E-state index in [4.69, 9.17) is 16.3 Å². The summed E-state index contributed by atoms with van der Waals surface area (Å²) in [6.45, 7) is 2.06. The number of benzene rings is 2. The molecule has 2 aromatic rings. The van der Waals surface area contributed by atoms with E-state index >= 15 is 0 Å². The highest BCUT2D eigenvalue weighted by Gasteiger charge is 2.36. The van der Waals surface area contributed by atoms with E-state index in [0.29, 0.717) is 23.1 Å². The first-order valence-electron chi connectivity index (χ1n) is 8.60. The van der Waals surface area contributed by atoms with Gasteiger partial charge in [-0.3, -0.25) is 19.3 Å². The van der Waals surface area contributed by atoms with Gasteiger partial charge in [-0.25, -0.2) is 0 Å². The van der Waals surface area contributed by atoms with Gasteiger partial charge >= 0.3 is 0 Å². The minimum absolute atomic E-state index is 0.255. The van der Waals surface area contributed by atoms with Crippen LogP contribution in [-0.4, -0.2) is 35.1 Å². The molecule has 1 N–H and O–H groups in total. The third-order valence-corrected chi connectivity index (χ3v) is 5.64. The number of anilines is 1. The fourth-order valence-electron chi connectivity index (χ4n) is 2.54.